The first-order valence-corrected chi connectivity index (χ1v) is 12.0. The molecule has 178 valence electrons. The van der Waals surface area contributed by atoms with Crippen molar-refractivity contribution in [3.63, 3.8) is 0 Å². The average Bonchev–Trinajstić information content (AvgIpc) is 2.81. The normalized spacial score (nSPS) is 13.5. The highest BCUT2D eigenvalue weighted by Crippen LogP contribution is 2.32. The molecule has 1 aliphatic carbocycles. The zero-order chi connectivity index (χ0) is 25.5. The molecule has 1 atom stereocenters. The summed E-state index contributed by atoms with van der Waals surface area (Å²) >= 11 is 0. The summed E-state index contributed by atoms with van der Waals surface area (Å²) in [5.74, 6) is -2.42. The van der Waals surface area contributed by atoms with Gasteiger partial charge in [0.2, 0.25) is 10.0 Å². The van der Waals surface area contributed by atoms with Crippen LogP contribution in [-0.2, 0) is 19.6 Å². The number of primary sulfonamides is 1. The van der Waals surface area contributed by atoms with Crippen molar-refractivity contribution in [2.45, 2.75) is 24.8 Å². The van der Waals surface area contributed by atoms with Gasteiger partial charge in [0, 0.05) is 16.7 Å². The van der Waals surface area contributed by atoms with Crippen LogP contribution < -0.4 is 10.5 Å². The number of anilines is 1. The molecule has 1 unspecified atom stereocenters. The quantitative estimate of drug-likeness (QED) is 0.407. The molecule has 0 saturated heterocycles. The highest BCUT2D eigenvalue weighted by Gasteiger charge is 2.32. The fourth-order valence-corrected chi connectivity index (χ4v) is 4.30. The molecule has 10 heteroatoms. The Morgan fingerprint density at radius 3 is 2.20 bits per heavy atom. The predicted octanol–water partition coefficient (Wildman–Crippen LogP) is 2.60. The third kappa shape index (κ3) is 4.48. The Balaban J connectivity index is 1.57. The van der Waals surface area contributed by atoms with Crippen LogP contribution in [0.4, 0.5) is 5.69 Å². The number of hydrogen-bond donors (Lipinski definition) is 2. The molecular weight excluding hydrogens is 472 g/mol. The minimum absolute atomic E-state index is 0.0553. The van der Waals surface area contributed by atoms with E-state index >= 15 is 0 Å². The first kappa shape index (κ1) is 24.0. The second-order valence-corrected chi connectivity index (χ2v) is 9.55. The van der Waals surface area contributed by atoms with E-state index in [0.29, 0.717) is 5.56 Å². The van der Waals surface area contributed by atoms with E-state index in [1.54, 1.807) is 31.2 Å². The third-order valence-corrected chi connectivity index (χ3v) is 6.53. The van der Waals surface area contributed by atoms with Crippen molar-refractivity contribution in [2.24, 2.45) is 5.14 Å². The summed E-state index contributed by atoms with van der Waals surface area (Å²) in [7, 11) is -4.05. The predicted molar refractivity (Wildman–Crippen MR) is 126 cm³/mol. The molecule has 3 N–H and O–H groups in total. The van der Waals surface area contributed by atoms with Gasteiger partial charge < -0.3 is 10.1 Å². The van der Waals surface area contributed by atoms with Crippen LogP contribution in [0.25, 0.3) is 0 Å². The van der Waals surface area contributed by atoms with E-state index in [0.717, 1.165) is 6.07 Å². The topological polar surface area (TPSA) is 150 Å². The molecule has 1 aliphatic rings. The summed E-state index contributed by atoms with van der Waals surface area (Å²) in [5, 5.41) is 7.68. The molecule has 0 bridgehead atoms. The molecule has 0 saturated carbocycles. The minimum Gasteiger partial charge on any atom is -0.449 e. The summed E-state index contributed by atoms with van der Waals surface area (Å²) in [6.45, 7) is 2.90. The molecule has 0 aliphatic heterocycles. The SMILES string of the molecule is Cc1ccc(S(N)(=O)=O)cc1C(=O)OC(C)C(=O)Nc1cccc2c1C(=O)c1ccccc1C2=O. The molecule has 4 rings (SSSR count). The van der Waals surface area contributed by atoms with Crippen molar-refractivity contribution in [2.75, 3.05) is 5.32 Å². The molecule has 3 aromatic carbocycles. The Bertz CT molecular complexity index is 1530. The monoisotopic (exact) mass is 492 g/mol. The average molecular weight is 493 g/mol. The van der Waals surface area contributed by atoms with E-state index in [9.17, 15) is 27.6 Å². The van der Waals surface area contributed by atoms with Crippen molar-refractivity contribution in [3.8, 4) is 0 Å². The first-order chi connectivity index (χ1) is 16.5. The number of nitrogens with two attached hydrogens (primary N) is 1. The minimum atomic E-state index is -4.05. The number of sulfonamides is 1. The lowest BCUT2D eigenvalue weighted by molar-refractivity contribution is -0.123. The van der Waals surface area contributed by atoms with Gasteiger partial charge in [0.15, 0.2) is 17.7 Å². The Kier molecular flexibility index (Phi) is 6.10. The van der Waals surface area contributed by atoms with Gasteiger partial charge in [-0.3, -0.25) is 14.4 Å². The maximum absolute atomic E-state index is 13.1. The lowest BCUT2D eigenvalue weighted by Gasteiger charge is -2.21. The maximum Gasteiger partial charge on any atom is 0.339 e. The Labute approximate surface area is 201 Å². The van der Waals surface area contributed by atoms with Gasteiger partial charge in [0.25, 0.3) is 5.91 Å². The van der Waals surface area contributed by atoms with E-state index in [-0.39, 0.29) is 44.2 Å². The number of aryl methyl sites for hydroxylation is 1. The van der Waals surface area contributed by atoms with Crippen molar-refractivity contribution in [1.29, 1.82) is 0 Å². The van der Waals surface area contributed by atoms with Gasteiger partial charge in [-0.1, -0.05) is 42.5 Å². The summed E-state index contributed by atoms with van der Waals surface area (Å²) in [5.41, 5.74) is 1.20. The van der Waals surface area contributed by atoms with E-state index in [4.69, 9.17) is 9.88 Å². The van der Waals surface area contributed by atoms with Crippen LogP contribution in [0.15, 0.2) is 65.6 Å². The zero-order valence-corrected chi connectivity index (χ0v) is 19.5. The molecule has 0 fully saturated rings. The fourth-order valence-electron chi connectivity index (χ4n) is 3.76. The standard InChI is InChI=1S/C25H20N2O7S/c1-13-10-11-15(35(26,32)33)12-19(13)25(31)34-14(2)24(30)27-20-9-5-8-18-21(20)23(29)17-7-4-3-6-16(17)22(18)28/h3-12,14H,1-2H3,(H,27,30)(H2,26,32,33). The van der Waals surface area contributed by atoms with Gasteiger partial charge in [-0.15, -0.1) is 0 Å². The highest BCUT2D eigenvalue weighted by molar-refractivity contribution is 7.89. The largest absolute Gasteiger partial charge is 0.449 e. The summed E-state index contributed by atoms with van der Waals surface area (Å²) in [6.07, 6.45) is -1.31. The number of ether oxygens (including phenoxy) is 1. The Morgan fingerprint density at radius 2 is 1.54 bits per heavy atom. The highest BCUT2D eigenvalue weighted by atomic mass is 32.2. The van der Waals surface area contributed by atoms with E-state index in [1.165, 1.54) is 37.3 Å². The van der Waals surface area contributed by atoms with Crippen molar-refractivity contribution < 1.29 is 32.3 Å². The number of carbonyl (C=O) groups is 4. The summed E-state index contributed by atoms with van der Waals surface area (Å²) in [6, 6.07) is 14.7. The lowest BCUT2D eigenvalue weighted by Crippen LogP contribution is -2.31. The molecule has 0 aromatic heterocycles. The summed E-state index contributed by atoms with van der Waals surface area (Å²) < 4.78 is 28.4. The Morgan fingerprint density at radius 1 is 0.914 bits per heavy atom. The number of amides is 1. The molecule has 3 aromatic rings. The Hall–Kier alpha value is -4.15. The number of rotatable bonds is 5. The van der Waals surface area contributed by atoms with Crippen LogP contribution in [0, 0.1) is 6.92 Å². The van der Waals surface area contributed by atoms with Crippen LogP contribution >= 0.6 is 0 Å². The van der Waals surface area contributed by atoms with Crippen LogP contribution in [0.1, 0.15) is 54.7 Å². The van der Waals surface area contributed by atoms with Crippen LogP contribution in [0.5, 0.6) is 0 Å². The van der Waals surface area contributed by atoms with Crippen LogP contribution in [0.2, 0.25) is 0 Å². The van der Waals surface area contributed by atoms with E-state index in [1.807, 2.05) is 0 Å². The number of esters is 1. The van der Waals surface area contributed by atoms with Gasteiger partial charge in [-0.2, -0.15) is 0 Å². The van der Waals surface area contributed by atoms with Gasteiger partial charge in [0.1, 0.15) is 0 Å². The van der Waals surface area contributed by atoms with E-state index < -0.39 is 33.8 Å². The van der Waals surface area contributed by atoms with Crippen molar-refractivity contribution in [3.05, 3.63) is 94.0 Å². The number of benzene rings is 3. The maximum atomic E-state index is 13.1. The zero-order valence-electron chi connectivity index (χ0n) is 18.7. The molecule has 0 spiro atoms. The van der Waals surface area contributed by atoms with Gasteiger partial charge in [0.05, 0.1) is 21.7 Å². The second-order valence-electron chi connectivity index (χ2n) is 7.99. The molecule has 1 amide bonds. The number of hydrogen-bond acceptors (Lipinski definition) is 7. The molecule has 9 nitrogen and oxygen atoms in total. The number of carbonyl (C=O) groups excluding carboxylic acids is 4. The molecule has 0 radical (unpaired) electrons. The smallest absolute Gasteiger partial charge is 0.339 e. The molecule has 0 heterocycles. The summed E-state index contributed by atoms with van der Waals surface area (Å²) in [4.78, 5) is 51.1. The van der Waals surface area contributed by atoms with Gasteiger partial charge in [-0.05, 0) is 37.6 Å². The first-order valence-electron chi connectivity index (χ1n) is 10.5. The molecular formula is C25H20N2O7S. The number of ketones is 2. The second kappa shape index (κ2) is 8.90. The fraction of sp³-hybridized carbons (Fsp3) is 0.120. The number of nitrogens with one attached hydrogen (secondary N) is 1. The van der Waals surface area contributed by atoms with Crippen LogP contribution in [-0.4, -0.2) is 38.0 Å². The van der Waals surface area contributed by atoms with Crippen molar-refractivity contribution in [1.82, 2.24) is 0 Å². The van der Waals surface area contributed by atoms with E-state index in [2.05, 4.69) is 5.32 Å². The van der Waals surface area contributed by atoms with Gasteiger partial charge >= 0.3 is 5.97 Å². The third-order valence-electron chi connectivity index (χ3n) is 5.62. The van der Waals surface area contributed by atoms with Crippen molar-refractivity contribution >= 4 is 39.2 Å². The molecule has 35 heavy (non-hydrogen) atoms. The number of fused-ring (bicyclic) bond motifs is 2. The lowest BCUT2D eigenvalue weighted by atomic mass is 9.83. The van der Waals surface area contributed by atoms with Crippen LogP contribution in [0.3, 0.4) is 0 Å². The van der Waals surface area contributed by atoms with Gasteiger partial charge in [-0.25, -0.2) is 18.4 Å².